The molecule has 21 heavy (non-hydrogen) atoms. The summed E-state index contributed by atoms with van der Waals surface area (Å²) in [5.41, 5.74) is 12.8. The normalized spacial score (nSPS) is 32.5. The van der Waals surface area contributed by atoms with Gasteiger partial charge in [-0.05, 0) is 17.2 Å². The molecule has 4 rings (SSSR count). The quantitative estimate of drug-likeness (QED) is 0.503. The molecule has 1 heterocycles. The van der Waals surface area contributed by atoms with Crippen LogP contribution in [0.4, 0.5) is 0 Å². The summed E-state index contributed by atoms with van der Waals surface area (Å²) in [7, 11) is 0. The van der Waals surface area contributed by atoms with Gasteiger partial charge in [-0.15, -0.1) is 0 Å². The fraction of sp³-hybridized carbons (Fsp3) is 0.222. The third-order valence-electron chi connectivity index (χ3n) is 4.52. The van der Waals surface area contributed by atoms with Gasteiger partial charge in [-0.3, -0.25) is 0 Å². The minimum atomic E-state index is -0.843. The van der Waals surface area contributed by atoms with Gasteiger partial charge in [0, 0.05) is 6.42 Å². The smallest absolute Gasteiger partial charge is 0.146 e. The van der Waals surface area contributed by atoms with Crippen molar-refractivity contribution in [2.75, 3.05) is 0 Å². The van der Waals surface area contributed by atoms with Crippen LogP contribution in [-0.2, 0) is 15.9 Å². The maximum Gasteiger partial charge on any atom is 0.146 e. The van der Waals surface area contributed by atoms with E-state index < -0.39 is 16.9 Å². The van der Waals surface area contributed by atoms with E-state index >= 15 is 0 Å². The summed E-state index contributed by atoms with van der Waals surface area (Å²) < 4.78 is 6.31. The van der Waals surface area contributed by atoms with Gasteiger partial charge in [0.1, 0.15) is 11.2 Å². The summed E-state index contributed by atoms with van der Waals surface area (Å²) in [4.78, 5) is 0. The van der Waals surface area contributed by atoms with Crippen molar-refractivity contribution in [1.29, 1.82) is 0 Å². The lowest BCUT2D eigenvalue weighted by atomic mass is 9.73. The molecule has 1 fully saturated rings. The van der Waals surface area contributed by atoms with E-state index in [2.05, 4.69) is 24.3 Å². The molecule has 2 aliphatic rings. The zero-order valence-corrected chi connectivity index (χ0v) is 11.7. The standard InChI is InChI=1S/C18H18N2O/c19-16(20)11-12-17(14-7-3-1-4-8-14)18(13-16,21-17)15-9-5-2-6-10-15/h1-12H,13,19-20H2. The van der Waals surface area contributed by atoms with Crippen LogP contribution in [0.1, 0.15) is 17.5 Å². The molecular formula is C18H18N2O. The molecule has 0 amide bonds. The highest BCUT2D eigenvalue weighted by Gasteiger charge is 2.73. The molecule has 2 unspecified atom stereocenters. The fourth-order valence-corrected chi connectivity index (χ4v) is 3.50. The van der Waals surface area contributed by atoms with Crippen LogP contribution >= 0.6 is 0 Å². The van der Waals surface area contributed by atoms with Crippen molar-refractivity contribution in [3.63, 3.8) is 0 Å². The highest BCUT2D eigenvalue weighted by atomic mass is 16.6. The molecule has 0 aromatic heterocycles. The Morgan fingerprint density at radius 3 is 1.95 bits per heavy atom. The van der Waals surface area contributed by atoms with Gasteiger partial charge < -0.3 is 16.2 Å². The van der Waals surface area contributed by atoms with Crippen LogP contribution < -0.4 is 11.5 Å². The number of hydrogen-bond acceptors (Lipinski definition) is 3. The van der Waals surface area contributed by atoms with Crippen molar-refractivity contribution in [3.8, 4) is 0 Å². The third kappa shape index (κ3) is 1.72. The summed E-state index contributed by atoms with van der Waals surface area (Å²) >= 11 is 0. The second-order valence-electron chi connectivity index (χ2n) is 6.02. The molecule has 2 aromatic rings. The van der Waals surface area contributed by atoms with Crippen molar-refractivity contribution in [2.24, 2.45) is 11.5 Å². The van der Waals surface area contributed by atoms with Crippen molar-refractivity contribution in [1.82, 2.24) is 0 Å². The largest absolute Gasteiger partial charge is 0.348 e. The molecule has 1 saturated heterocycles. The number of fused-ring (bicyclic) bond motifs is 1. The lowest BCUT2D eigenvalue weighted by Crippen LogP contribution is -2.53. The Hall–Kier alpha value is -1.94. The summed E-state index contributed by atoms with van der Waals surface area (Å²) in [6.07, 6.45) is 4.46. The molecule has 4 N–H and O–H groups in total. The number of epoxide rings is 1. The first-order valence-electron chi connectivity index (χ1n) is 7.17. The van der Waals surface area contributed by atoms with Crippen molar-refractivity contribution >= 4 is 0 Å². The van der Waals surface area contributed by atoms with E-state index in [4.69, 9.17) is 16.2 Å². The van der Waals surface area contributed by atoms with Crippen LogP contribution in [0.15, 0.2) is 72.8 Å². The summed E-state index contributed by atoms with van der Waals surface area (Å²) in [5.74, 6) is 0. The average molecular weight is 278 g/mol. The monoisotopic (exact) mass is 278 g/mol. The molecule has 2 aromatic carbocycles. The Morgan fingerprint density at radius 1 is 0.762 bits per heavy atom. The molecule has 3 nitrogen and oxygen atoms in total. The number of ether oxygens (including phenoxy) is 1. The second kappa shape index (κ2) is 4.04. The van der Waals surface area contributed by atoms with Crippen LogP contribution in [0.5, 0.6) is 0 Å². The molecule has 0 saturated carbocycles. The van der Waals surface area contributed by atoms with Crippen LogP contribution in [-0.4, -0.2) is 5.66 Å². The van der Waals surface area contributed by atoms with Crippen LogP contribution in [0, 0.1) is 0 Å². The Morgan fingerprint density at radius 2 is 1.33 bits per heavy atom. The lowest BCUT2D eigenvalue weighted by Gasteiger charge is -2.31. The maximum absolute atomic E-state index is 6.31. The SMILES string of the molecule is NC1(N)C=CC2(c3ccccc3)OC2(c2ccccc2)C1. The number of hydrogen-bond donors (Lipinski definition) is 2. The predicted octanol–water partition coefficient (Wildman–Crippen LogP) is 2.38. The number of nitrogens with two attached hydrogens (primary N) is 2. The predicted molar refractivity (Wildman–Crippen MR) is 82.2 cm³/mol. The second-order valence-corrected chi connectivity index (χ2v) is 6.02. The van der Waals surface area contributed by atoms with Gasteiger partial charge in [0.05, 0.1) is 5.66 Å². The first-order valence-corrected chi connectivity index (χ1v) is 7.17. The molecule has 0 radical (unpaired) electrons. The zero-order valence-electron chi connectivity index (χ0n) is 11.7. The van der Waals surface area contributed by atoms with Crippen molar-refractivity contribution in [2.45, 2.75) is 23.3 Å². The zero-order chi connectivity index (χ0) is 14.6. The first-order chi connectivity index (χ1) is 10.1. The average Bonchev–Trinajstić information content (AvgIpc) is 3.19. The molecule has 0 spiro atoms. The van der Waals surface area contributed by atoms with Gasteiger partial charge in [-0.2, -0.15) is 0 Å². The Kier molecular flexibility index (Phi) is 2.46. The number of rotatable bonds is 2. The topological polar surface area (TPSA) is 64.6 Å². The Labute approximate surface area is 124 Å². The van der Waals surface area contributed by atoms with E-state index in [1.54, 1.807) is 0 Å². The van der Waals surface area contributed by atoms with Gasteiger partial charge in [0.25, 0.3) is 0 Å². The first kappa shape index (κ1) is 12.8. The summed E-state index contributed by atoms with van der Waals surface area (Å²) in [6.45, 7) is 0. The fourth-order valence-electron chi connectivity index (χ4n) is 3.50. The third-order valence-corrected chi connectivity index (χ3v) is 4.52. The molecule has 0 bridgehead atoms. The van der Waals surface area contributed by atoms with E-state index in [0.29, 0.717) is 6.42 Å². The van der Waals surface area contributed by atoms with E-state index in [0.717, 1.165) is 11.1 Å². The van der Waals surface area contributed by atoms with E-state index in [1.165, 1.54) is 0 Å². The molecular weight excluding hydrogens is 260 g/mol. The van der Waals surface area contributed by atoms with Crippen molar-refractivity contribution < 1.29 is 4.74 Å². The highest BCUT2D eigenvalue weighted by Crippen LogP contribution is 2.67. The van der Waals surface area contributed by atoms with Gasteiger partial charge in [-0.1, -0.05) is 66.7 Å². The Bertz CT molecular complexity index is 696. The van der Waals surface area contributed by atoms with Crippen molar-refractivity contribution in [3.05, 3.63) is 83.9 Å². The lowest BCUT2D eigenvalue weighted by molar-refractivity contribution is 0.251. The van der Waals surface area contributed by atoms with Crippen LogP contribution in [0.3, 0.4) is 0 Å². The van der Waals surface area contributed by atoms with Crippen LogP contribution in [0.2, 0.25) is 0 Å². The molecule has 2 atom stereocenters. The van der Waals surface area contributed by atoms with Gasteiger partial charge in [0.2, 0.25) is 0 Å². The van der Waals surface area contributed by atoms with E-state index in [1.807, 2.05) is 48.6 Å². The summed E-state index contributed by atoms with van der Waals surface area (Å²) in [5, 5.41) is 0. The molecule has 1 aliphatic heterocycles. The van der Waals surface area contributed by atoms with E-state index in [-0.39, 0.29) is 0 Å². The van der Waals surface area contributed by atoms with E-state index in [9.17, 15) is 0 Å². The van der Waals surface area contributed by atoms with Gasteiger partial charge in [0.15, 0.2) is 0 Å². The highest BCUT2D eigenvalue weighted by molar-refractivity contribution is 5.49. The molecule has 106 valence electrons. The molecule has 3 heteroatoms. The molecule has 1 aliphatic carbocycles. The van der Waals surface area contributed by atoms with Gasteiger partial charge >= 0.3 is 0 Å². The van der Waals surface area contributed by atoms with Gasteiger partial charge in [-0.25, -0.2) is 0 Å². The summed E-state index contributed by atoms with van der Waals surface area (Å²) in [6, 6.07) is 20.5. The minimum Gasteiger partial charge on any atom is -0.348 e. The number of benzene rings is 2. The maximum atomic E-state index is 6.31. The minimum absolute atomic E-state index is 0.447. The Balaban J connectivity index is 1.88. The van der Waals surface area contributed by atoms with Crippen LogP contribution in [0.25, 0.3) is 0 Å².